The molecule has 2 amide bonds. The Morgan fingerprint density at radius 2 is 2.05 bits per heavy atom. The molecule has 0 unspecified atom stereocenters. The molecule has 0 radical (unpaired) electrons. The first-order valence-electron chi connectivity index (χ1n) is 12.2. The summed E-state index contributed by atoms with van der Waals surface area (Å²) in [6.45, 7) is 6.55. The second-order valence-electron chi connectivity index (χ2n) is 10.1. The molecule has 7 nitrogen and oxygen atoms in total. The number of hydrogen-bond acceptors (Lipinski definition) is 6. The normalized spacial score (nSPS) is 15.7. The summed E-state index contributed by atoms with van der Waals surface area (Å²) in [5.41, 5.74) is 4.25. The van der Waals surface area contributed by atoms with Crippen LogP contribution in [0.1, 0.15) is 48.4 Å². The average Bonchev–Trinajstić information content (AvgIpc) is 3.53. The van der Waals surface area contributed by atoms with E-state index in [2.05, 4.69) is 42.5 Å². The maximum Gasteiger partial charge on any atom is 0.240 e. The molecule has 4 aromatic rings. The van der Waals surface area contributed by atoms with Gasteiger partial charge in [-0.2, -0.15) is 16.4 Å². The molecule has 0 bridgehead atoms. The number of carbonyl (C=O) groups is 2. The summed E-state index contributed by atoms with van der Waals surface area (Å²) < 4.78 is 1.78. The predicted molar refractivity (Wildman–Crippen MR) is 154 cm³/mol. The van der Waals surface area contributed by atoms with Crippen molar-refractivity contribution in [1.82, 2.24) is 20.1 Å². The monoisotopic (exact) mass is 565 g/mol. The molecule has 10 heteroatoms. The summed E-state index contributed by atoms with van der Waals surface area (Å²) >= 11 is 9.57. The molecule has 0 spiro atoms. The number of fused-ring (bicyclic) bond motifs is 1. The fourth-order valence-electron chi connectivity index (χ4n) is 4.45. The van der Waals surface area contributed by atoms with E-state index in [1.54, 1.807) is 51.1 Å². The minimum absolute atomic E-state index is 0.106. The molecule has 1 N–H and O–H groups in total. The number of carbonyl (C=O) groups excluding carboxylic acids is 2. The quantitative estimate of drug-likeness (QED) is 0.321. The van der Waals surface area contributed by atoms with E-state index in [9.17, 15) is 9.59 Å². The molecule has 38 heavy (non-hydrogen) atoms. The number of rotatable bonds is 6. The molecule has 196 valence electrons. The number of pyridine rings is 1. The zero-order chi connectivity index (χ0) is 26.9. The Hall–Kier alpha value is -3.14. The van der Waals surface area contributed by atoms with E-state index < -0.39 is 0 Å². The van der Waals surface area contributed by atoms with Crippen LogP contribution in [0.2, 0.25) is 5.02 Å². The molecule has 5 rings (SSSR count). The van der Waals surface area contributed by atoms with Crippen LogP contribution in [0, 0.1) is 0 Å². The van der Waals surface area contributed by atoms with Crippen molar-refractivity contribution in [1.29, 1.82) is 0 Å². The number of nitrogens with one attached hydrogen (secondary N) is 1. The first-order chi connectivity index (χ1) is 18.2. The highest BCUT2D eigenvalue weighted by atomic mass is 35.5. The van der Waals surface area contributed by atoms with Crippen molar-refractivity contribution in [3.63, 3.8) is 0 Å². The molecule has 1 aromatic carbocycles. The van der Waals surface area contributed by atoms with Gasteiger partial charge in [0, 0.05) is 34.9 Å². The van der Waals surface area contributed by atoms with Crippen LogP contribution in [0.25, 0.3) is 5.69 Å². The Morgan fingerprint density at radius 1 is 1.21 bits per heavy atom. The molecule has 0 fully saturated rings. The number of aromatic nitrogens is 3. The molecular formula is C28H28ClN5O2S2. The lowest BCUT2D eigenvalue weighted by atomic mass is 9.87. The van der Waals surface area contributed by atoms with Gasteiger partial charge in [-0.3, -0.25) is 19.5 Å². The predicted octanol–water partition coefficient (Wildman–Crippen LogP) is 5.77. The summed E-state index contributed by atoms with van der Waals surface area (Å²) in [5, 5.41) is 12.6. The van der Waals surface area contributed by atoms with Crippen molar-refractivity contribution < 1.29 is 9.59 Å². The zero-order valence-corrected chi connectivity index (χ0v) is 23.7. The Bertz CT molecular complexity index is 1450. The maximum absolute atomic E-state index is 13.7. The Labute approximate surface area is 235 Å². The van der Waals surface area contributed by atoms with Crippen LogP contribution >= 0.6 is 34.7 Å². The van der Waals surface area contributed by atoms with Crippen molar-refractivity contribution in [2.45, 2.75) is 38.0 Å². The van der Waals surface area contributed by atoms with Gasteiger partial charge in [0.25, 0.3) is 0 Å². The Kier molecular flexibility index (Phi) is 7.61. The van der Waals surface area contributed by atoms with Gasteiger partial charge in [0.05, 0.1) is 22.4 Å². The smallest absolute Gasteiger partial charge is 0.240 e. The van der Waals surface area contributed by atoms with Crippen LogP contribution in [0.5, 0.6) is 0 Å². The minimum Gasteiger partial charge on any atom is -0.350 e. The number of anilines is 1. The van der Waals surface area contributed by atoms with Crippen LogP contribution < -0.4 is 10.2 Å². The number of nitrogens with zero attached hydrogens (tertiary/aromatic N) is 4. The summed E-state index contributed by atoms with van der Waals surface area (Å²) in [5.74, 6) is 0.446. The van der Waals surface area contributed by atoms with Crippen molar-refractivity contribution in [3.8, 4) is 5.69 Å². The summed E-state index contributed by atoms with van der Waals surface area (Å²) in [7, 11) is 0. The Balaban J connectivity index is 1.63. The number of hydrogen-bond donors (Lipinski definition) is 1. The standard InChI is InChI=1S/C28H28ClN5O2S2/c1-28(2,3)26-24-25(19-9-11-37-16-19)38-17-23(36)33(15-22(35)31-14-18-6-5-10-30-13-18)27(24)34(32-26)21-8-4-7-20(29)12-21/h4-13,16,25H,14-15,17H2,1-3H3,(H,31,35)/t25-/m0/s1. The van der Waals surface area contributed by atoms with Gasteiger partial charge < -0.3 is 5.32 Å². The van der Waals surface area contributed by atoms with E-state index >= 15 is 0 Å². The first kappa shape index (κ1) is 26.5. The lowest BCUT2D eigenvalue weighted by Gasteiger charge is -2.24. The van der Waals surface area contributed by atoms with Crippen molar-refractivity contribution in [2.75, 3.05) is 17.2 Å². The highest BCUT2D eigenvalue weighted by molar-refractivity contribution is 8.00. The molecule has 0 aliphatic carbocycles. The van der Waals surface area contributed by atoms with Gasteiger partial charge in [-0.05, 0) is 52.2 Å². The number of thiophene rings is 1. The molecule has 4 heterocycles. The van der Waals surface area contributed by atoms with Gasteiger partial charge >= 0.3 is 0 Å². The summed E-state index contributed by atoms with van der Waals surface area (Å²) in [4.78, 5) is 32.5. The highest BCUT2D eigenvalue weighted by Crippen LogP contribution is 2.48. The number of benzene rings is 1. The lowest BCUT2D eigenvalue weighted by Crippen LogP contribution is -2.42. The van der Waals surface area contributed by atoms with Gasteiger partial charge in [-0.25, -0.2) is 4.68 Å². The van der Waals surface area contributed by atoms with Gasteiger partial charge in [-0.15, -0.1) is 11.8 Å². The molecular weight excluding hydrogens is 538 g/mol. The number of halogens is 1. The van der Waals surface area contributed by atoms with Crippen LogP contribution in [0.15, 0.2) is 65.6 Å². The average molecular weight is 566 g/mol. The highest BCUT2D eigenvalue weighted by Gasteiger charge is 2.40. The first-order valence-corrected chi connectivity index (χ1v) is 14.6. The molecule has 1 aliphatic rings. The van der Waals surface area contributed by atoms with E-state index in [0.717, 1.165) is 28.1 Å². The topological polar surface area (TPSA) is 80.1 Å². The largest absolute Gasteiger partial charge is 0.350 e. The second-order valence-corrected chi connectivity index (χ2v) is 12.4. The third-order valence-electron chi connectivity index (χ3n) is 6.21. The second kappa shape index (κ2) is 10.9. The van der Waals surface area contributed by atoms with Crippen LogP contribution in [0.3, 0.4) is 0 Å². The maximum atomic E-state index is 13.7. The number of thioether (sulfide) groups is 1. The van der Waals surface area contributed by atoms with Crippen molar-refractivity contribution in [3.05, 3.63) is 93.0 Å². The van der Waals surface area contributed by atoms with E-state index in [4.69, 9.17) is 16.7 Å². The SMILES string of the molecule is CC(C)(C)c1nn(-c2cccc(Cl)c2)c2c1[C@H](c1ccsc1)SCC(=O)N2CC(=O)NCc1cccnc1. The fourth-order valence-corrected chi connectivity index (χ4v) is 6.60. The summed E-state index contributed by atoms with van der Waals surface area (Å²) in [6.07, 6.45) is 3.40. The molecule has 3 aromatic heterocycles. The van der Waals surface area contributed by atoms with Crippen molar-refractivity contribution in [2.24, 2.45) is 0 Å². The van der Waals surface area contributed by atoms with E-state index in [1.807, 2.05) is 35.7 Å². The van der Waals surface area contributed by atoms with Crippen LogP contribution in [-0.2, 0) is 21.5 Å². The van der Waals surface area contributed by atoms with Gasteiger partial charge in [-0.1, -0.05) is 44.5 Å². The minimum atomic E-state index is -0.315. The molecule has 1 aliphatic heterocycles. The molecule has 0 saturated heterocycles. The van der Waals surface area contributed by atoms with E-state index in [-0.39, 0.29) is 34.8 Å². The third-order valence-corrected chi connectivity index (χ3v) is 8.40. The fraction of sp³-hybridized carbons (Fsp3) is 0.286. The Morgan fingerprint density at radius 3 is 2.74 bits per heavy atom. The zero-order valence-electron chi connectivity index (χ0n) is 21.3. The molecule has 1 atom stereocenters. The molecule has 0 saturated carbocycles. The van der Waals surface area contributed by atoms with E-state index in [0.29, 0.717) is 17.4 Å². The van der Waals surface area contributed by atoms with Crippen molar-refractivity contribution >= 4 is 52.3 Å². The third kappa shape index (κ3) is 5.50. The lowest BCUT2D eigenvalue weighted by molar-refractivity contribution is -0.123. The van der Waals surface area contributed by atoms with E-state index in [1.165, 1.54) is 0 Å². The van der Waals surface area contributed by atoms with Crippen LogP contribution in [0.4, 0.5) is 5.82 Å². The van der Waals surface area contributed by atoms with Gasteiger partial charge in [0.15, 0.2) is 0 Å². The van der Waals surface area contributed by atoms with Gasteiger partial charge in [0.2, 0.25) is 11.8 Å². The number of amides is 2. The van der Waals surface area contributed by atoms with Crippen LogP contribution in [-0.4, -0.2) is 38.9 Å². The van der Waals surface area contributed by atoms with Gasteiger partial charge in [0.1, 0.15) is 12.4 Å². The summed E-state index contributed by atoms with van der Waals surface area (Å²) in [6, 6.07) is 13.2.